The fourth-order valence-corrected chi connectivity index (χ4v) is 2.87. The highest BCUT2D eigenvalue weighted by Crippen LogP contribution is 2.36. The summed E-state index contributed by atoms with van der Waals surface area (Å²) in [5.41, 5.74) is 1.35. The SMILES string of the molecule is CCSc1cccc(N(CC(=O)O)C2CC2)c1C#N. The molecule has 0 spiro atoms. The van der Waals surface area contributed by atoms with E-state index in [4.69, 9.17) is 5.11 Å². The summed E-state index contributed by atoms with van der Waals surface area (Å²) < 4.78 is 0. The number of anilines is 1. The van der Waals surface area contributed by atoms with Gasteiger partial charge in [-0.05, 0) is 30.7 Å². The number of hydrogen-bond acceptors (Lipinski definition) is 4. The highest BCUT2D eigenvalue weighted by atomic mass is 32.2. The molecule has 1 N–H and O–H groups in total. The summed E-state index contributed by atoms with van der Waals surface area (Å²) in [6.45, 7) is 1.99. The molecule has 1 aliphatic carbocycles. The van der Waals surface area contributed by atoms with Crippen molar-refractivity contribution < 1.29 is 9.90 Å². The van der Waals surface area contributed by atoms with Gasteiger partial charge in [0.15, 0.2) is 0 Å². The second kappa shape index (κ2) is 5.98. The highest BCUT2D eigenvalue weighted by molar-refractivity contribution is 7.99. The van der Waals surface area contributed by atoms with Crippen LogP contribution in [-0.2, 0) is 4.79 Å². The number of nitrogens with zero attached hydrogens (tertiary/aromatic N) is 2. The lowest BCUT2D eigenvalue weighted by Crippen LogP contribution is -2.32. The minimum absolute atomic E-state index is 0.0421. The Labute approximate surface area is 117 Å². The summed E-state index contributed by atoms with van der Waals surface area (Å²) in [6, 6.07) is 8.16. The molecule has 4 nitrogen and oxygen atoms in total. The molecular formula is C14H16N2O2S. The zero-order chi connectivity index (χ0) is 13.8. The van der Waals surface area contributed by atoms with Gasteiger partial charge < -0.3 is 10.0 Å². The summed E-state index contributed by atoms with van der Waals surface area (Å²) in [7, 11) is 0. The maximum Gasteiger partial charge on any atom is 0.323 e. The molecule has 0 amide bonds. The Morgan fingerprint density at radius 2 is 2.32 bits per heavy atom. The third-order valence-corrected chi connectivity index (χ3v) is 3.96. The lowest BCUT2D eigenvalue weighted by Gasteiger charge is -2.24. The van der Waals surface area contributed by atoms with Crippen molar-refractivity contribution in [3.05, 3.63) is 23.8 Å². The predicted octanol–water partition coefficient (Wildman–Crippen LogP) is 2.72. The summed E-state index contributed by atoms with van der Waals surface area (Å²) in [4.78, 5) is 13.8. The molecule has 0 saturated heterocycles. The molecule has 1 aromatic carbocycles. The van der Waals surface area contributed by atoms with Gasteiger partial charge in [0, 0.05) is 10.9 Å². The van der Waals surface area contributed by atoms with Crippen molar-refractivity contribution >= 4 is 23.4 Å². The number of hydrogen-bond donors (Lipinski definition) is 1. The Balaban J connectivity index is 2.38. The van der Waals surface area contributed by atoms with E-state index in [1.54, 1.807) is 11.8 Å². The molecule has 1 fully saturated rings. The van der Waals surface area contributed by atoms with E-state index in [0.717, 1.165) is 29.2 Å². The first-order valence-corrected chi connectivity index (χ1v) is 7.30. The van der Waals surface area contributed by atoms with Crippen LogP contribution >= 0.6 is 11.8 Å². The van der Waals surface area contributed by atoms with E-state index >= 15 is 0 Å². The van der Waals surface area contributed by atoms with Gasteiger partial charge in [0.25, 0.3) is 0 Å². The third-order valence-electron chi connectivity index (χ3n) is 3.02. The smallest absolute Gasteiger partial charge is 0.323 e. The Kier molecular flexibility index (Phi) is 4.33. The molecule has 1 aromatic rings. The van der Waals surface area contributed by atoms with Crippen LogP contribution in [0.4, 0.5) is 5.69 Å². The number of aliphatic carboxylic acids is 1. The van der Waals surface area contributed by atoms with Crippen molar-refractivity contribution in [3.8, 4) is 6.07 Å². The maximum atomic E-state index is 11.0. The first kappa shape index (κ1) is 13.8. The first-order chi connectivity index (χ1) is 9.17. The minimum atomic E-state index is -0.857. The second-order valence-electron chi connectivity index (χ2n) is 4.45. The highest BCUT2D eigenvalue weighted by Gasteiger charge is 2.32. The van der Waals surface area contributed by atoms with E-state index in [1.807, 2.05) is 30.0 Å². The predicted molar refractivity (Wildman–Crippen MR) is 75.6 cm³/mol. The van der Waals surface area contributed by atoms with Crippen LogP contribution < -0.4 is 4.90 Å². The Hall–Kier alpha value is -1.67. The van der Waals surface area contributed by atoms with E-state index < -0.39 is 5.97 Å². The fraction of sp³-hybridized carbons (Fsp3) is 0.429. The summed E-state index contributed by atoms with van der Waals surface area (Å²) in [5.74, 6) is 0.0323. The van der Waals surface area contributed by atoms with Crippen molar-refractivity contribution in [3.63, 3.8) is 0 Å². The van der Waals surface area contributed by atoms with Crippen LogP contribution in [0.1, 0.15) is 25.3 Å². The van der Waals surface area contributed by atoms with Crippen LogP contribution in [0.25, 0.3) is 0 Å². The molecule has 5 heteroatoms. The van der Waals surface area contributed by atoms with Crippen LogP contribution in [0, 0.1) is 11.3 Å². The number of carbonyl (C=O) groups is 1. The molecule has 1 aliphatic rings. The largest absolute Gasteiger partial charge is 0.480 e. The van der Waals surface area contributed by atoms with Crippen molar-refractivity contribution in [2.24, 2.45) is 0 Å². The molecule has 1 saturated carbocycles. The molecule has 19 heavy (non-hydrogen) atoms. The Morgan fingerprint density at radius 1 is 1.58 bits per heavy atom. The zero-order valence-electron chi connectivity index (χ0n) is 10.8. The zero-order valence-corrected chi connectivity index (χ0v) is 11.6. The molecule has 0 bridgehead atoms. The van der Waals surface area contributed by atoms with Gasteiger partial charge in [0.05, 0.1) is 11.3 Å². The molecule has 0 aromatic heterocycles. The molecule has 0 radical (unpaired) electrons. The molecule has 2 rings (SSSR count). The van der Waals surface area contributed by atoms with E-state index in [-0.39, 0.29) is 12.6 Å². The second-order valence-corrected chi connectivity index (χ2v) is 5.75. The van der Waals surface area contributed by atoms with Crippen LogP contribution in [0.5, 0.6) is 0 Å². The van der Waals surface area contributed by atoms with E-state index in [2.05, 4.69) is 6.07 Å². The van der Waals surface area contributed by atoms with E-state index in [9.17, 15) is 10.1 Å². The van der Waals surface area contributed by atoms with Crippen molar-refractivity contribution in [1.82, 2.24) is 0 Å². The van der Waals surface area contributed by atoms with Gasteiger partial charge in [-0.3, -0.25) is 4.79 Å². The molecule has 0 heterocycles. The molecule has 0 atom stereocenters. The average Bonchev–Trinajstić information content (AvgIpc) is 3.20. The molecule has 0 unspecified atom stereocenters. The Bertz CT molecular complexity index is 521. The number of carboxylic acids is 1. The van der Waals surface area contributed by atoms with Gasteiger partial charge in [-0.15, -0.1) is 11.8 Å². The molecule has 0 aliphatic heterocycles. The van der Waals surface area contributed by atoms with Crippen molar-refractivity contribution in [1.29, 1.82) is 5.26 Å². The quantitative estimate of drug-likeness (QED) is 0.809. The van der Waals surface area contributed by atoms with E-state index in [1.165, 1.54) is 0 Å². The van der Waals surface area contributed by atoms with Gasteiger partial charge in [0.1, 0.15) is 12.6 Å². The average molecular weight is 276 g/mol. The lowest BCUT2D eigenvalue weighted by atomic mass is 10.1. The number of carboxylic acid groups (broad SMARTS) is 1. The maximum absolute atomic E-state index is 11.0. The van der Waals surface area contributed by atoms with Crippen molar-refractivity contribution in [2.45, 2.75) is 30.7 Å². The number of nitriles is 1. The van der Waals surface area contributed by atoms with E-state index in [0.29, 0.717) is 5.56 Å². The van der Waals surface area contributed by atoms with Gasteiger partial charge >= 0.3 is 5.97 Å². The van der Waals surface area contributed by atoms with Crippen LogP contribution in [0.2, 0.25) is 0 Å². The third kappa shape index (κ3) is 3.21. The van der Waals surface area contributed by atoms with Crippen LogP contribution in [0.3, 0.4) is 0 Å². The summed E-state index contributed by atoms with van der Waals surface area (Å²) >= 11 is 1.61. The first-order valence-electron chi connectivity index (χ1n) is 6.31. The minimum Gasteiger partial charge on any atom is -0.480 e. The van der Waals surface area contributed by atoms with Crippen LogP contribution in [-0.4, -0.2) is 29.4 Å². The topological polar surface area (TPSA) is 64.3 Å². The molecular weight excluding hydrogens is 260 g/mol. The standard InChI is InChI=1S/C14H16N2O2S/c1-2-19-13-5-3-4-12(11(13)8-15)16(9-14(17)18)10-6-7-10/h3-5,10H,2,6-7,9H2,1H3,(H,17,18). The number of rotatable bonds is 6. The monoisotopic (exact) mass is 276 g/mol. The molecule has 100 valence electrons. The van der Waals surface area contributed by atoms with Crippen molar-refractivity contribution in [2.75, 3.05) is 17.2 Å². The van der Waals surface area contributed by atoms with Gasteiger partial charge in [-0.25, -0.2) is 0 Å². The summed E-state index contributed by atoms with van der Waals surface area (Å²) in [6.07, 6.45) is 2.01. The number of thioether (sulfide) groups is 1. The van der Waals surface area contributed by atoms with Gasteiger partial charge in [0.2, 0.25) is 0 Å². The van der Waals surface area contributed by atoms with Gasteiger partial charge in [-0.1, -0.05) is 13.0 Å². The normalized spacial score (nSPS) is 13.9. The summed E-state index contributed by atoms with van der Waals surface area (Å²) in [5, 5.41) is 18.4. The number of benzene rings is 1. The van der Waals surface area contributed by atoms with Crippen LogP contribution in [0.15, 0.2) is 23.1 Å². The Morgan fingerprint density at radius 3 is 2.84 bits per heavy atom. The lowest BCUT2D eigenvalue weighted by molar-refractivity contribution is -0.135. The fourth-order valence-electron chi connectivity index (χ4n) is 2.09. The van der Waals surface area contributed by atoms with Gasteiger partial charge in [-0.2, -0.15) is 5.26 Å².